The van der Waals surface area contributed by atoms with E-state index in [9.17, 15) is 5.11 Å². The van der Waals surface area contributed by atoms with Crippen LogP contribution in [0.3, 0.4) is 0 Å². The molecule has 0 radical (unpaired) electrons. The number of aliphatic hydroxyl groups is 1. The van der Waals surface area contributed by atoms with Crippen molar-refractivity contribution in [1.82, 2.24) is 4.90 Å². The lowest BCUT2D eigenvalue weighted by Crippen LogP contribution is -2.14. The van der Waals surface area contributed by atoms with Gasteiger partial charge < -0.3 is 9.84 Å². The zero-order valence-corrected chi connectivity index (χ0v) is 12.4. The highest BCUT2D eigenvalue weighted by Gasteiger charge is 2.43. The number of hydrogen-bond acceptors (Lipinski definition) is 3. The molecular weight excluding hydrogens is 262 g/mol. The maximum Gasteiger partial charge on any atom is 0.118 e. The van der Waals surface area contributed by atoms with E-state index in [2.05, 4.69) is 36.1 Å². The first kappa shape index (κ1) is 14.1. The Kier molecular flexibility index (Phi) is 3.95. The van der Waals surface area contributed by atoms with Crippen LogP contribution in [0.5, 0.6) is 5.75 Å². The molecule has 1 saturated heterocycles. The average molecular weight is 283 g/mol. The number of ether oxygens (including phenoxy) is 1. The lowest BCUT2D eigenvalue weighted by Gasteiger charge is -2.17. The smallest absolute Gasteiger partial charge is 0.118 e. The van der Waals surface area contributed by atoms with Crippen LogP contribution < -0.4 is 4.74 Å². The molecule has 3 rings (SSSR count). The van der Waals surface area contributed by atoms with E-state index in [0.717, 1.165) is 17.9 Å². The minimum atomic E-state index is -0.443. The molecule has 2 aromatic carbocycles. The summed E-state index contributed by atoms with van der Waals surface area (Å²) >= 11 is 0. The molecule has 21 heavy (non-hydrogen) atoms. The first-order chi connectivity index (χ1) is 10.2. The third-order valence-corrected chi connectivity index (χ3v) is 4.29. The van der Waals surface area contributed by atoms with E-state index in [1.165, 1.54) is 5.56 Å². The molecule has 0 amide bonds. The molecule has 1 N–H and O–H groups in total. The maximum atomic E-state index is 10.5. The van der Waals surface area contributed by atoms with Crippen molar-refractivity contribution in [2.45, 2.75) is 25.1 Å². The molecule has 0 spiro atoms. The quantitative estimate of drug-likeness (QED) is 0.855. The van der Waals surface area contributed by atoms with E-state index in [1.54, 1.807) is 7.11 Å². The molecule has 1 fully saturated rings. The van der Waals surface area contributed by atoms with E-state index in [-0.39, 0.29) is 6.04 Å². The van der Waals surface area contributed by atoms with Crippen LogP contribution >= 0.6 is 0 Å². The van der Waals surface area contributed by atoms with Gasteiger partial charge in [0.25, 0.3) is 0 Å². The molecular formula is C18H21NO2. The molecule has 3 heteroatoms. The van der Waals surface area contributed by atoms with Gasteiger partial charge in [-0.1, -0.05) is 42.5 Å². The standard InChI is InChI=1S/C18H21NO2/c1-13(14-6-4-3-5-7-14)19-12-17(19)18(20)15-8-10-16(21-2)11-9-15/h3-11,13,17-18,20H,12H2,1-2H3/t13-,17?,18?,19?/m0/s1. The number of benzene rings is 2. The van der Waals surface area contributed by atoms with E-state index in [1.807, 2.05) is 30.3 Å². The van der Waals surface area contributed by atoms with Crippen molar-refractivity contribution >= 4 is 0 Å². The normalized spacial score (nSPS) is 23.4. The second-order valence-electron chi connectivity index (χ2n) is 5.57. The predicted octanol–water partition coefficient (Wildman–Crippen LogP) is 3.17. The van der Waals surface area contributed by atoms with Crippen LogP contribution in [-0.4, -0.2) is 29.7 Å². The third-order valence-electron chi connectivity index (χ3n) is 4.29. The van der Waals surface area contributed by atoms with Crippen LogP contribution in [0, 0.1) is 0 Å². The van der Waals surface area contributed by atoms with Gasteiger partial charge in [-0.15, -0.1) is 0 Å². The molecule has 0 saturated carbocycles. The average Bonchev–Trinajstić information content (AvgIpc) is 3.35. The molecule has 1 heterocycles. The molecule has 3 unspecified atom stereocenters. The molecule has 1 aliphatic heterocycles. The van der Waals surface area contributed by atoms with E-state index < -0.39 is 6.10 Å². The molecule has 1 aliphatic rings. The number of hydrogen-bond donors (Lipinski definition) is 1. The summed E-state index contributed by atoms with van der Waals surface area (Å²) in [5.41, 5.74) is 2.24. The van der Waals surface area contributed by atoms with Crippen LogP contribution in [-0.2, 0) is 0 Å². The van der Waals surface area contributed by atoms with Gasteiger partial charge in [0.1, 0.15) is 5.75 Å². The molecule has 0 bridgehead atoms. The van der Waals surface area contributed by atoms with Crippen molar-refractivity contribution in [3.05, 3.63) is 65.7 Å². The van der Waals surface area contributed by atoms with E-state index in [0.29, 0.717) is 6.04 Å². The minimum Gasteiger partial charge on any atom is -0.497 e. The van der Waals surface area contributed by atoms with Gasteiger partial charge in [-0.2, -0.15) is 0 Å². The summed E-state index contributed by atoms with van der Waals surface area (Å²) in [4.78, 5) is 2.32. The largest absolute Gasteiger partial charge is 0.497 e. The summed E-state index contributed by atoms with van der Waals surface area (Å²) in [6, 6.07) is 18.6. The topological polar surface area (TPSA) is 32.5 Å². The Balaban J connectivity index is 1.66. The number of nitrogens with zero attached hydrogens (tertiary/aromatic N) is 1. The zero-order chi connectivity index (χ0) is 14.8. The van der Waals surface area contributed by atoms with Gasteiger partial charge in [0.05, 0.1) is 19.3 Å². The monoisotopic (exact) mass is 283 g/mol. The highest BCUT2D eigenvalue weighted by atomic mass is 16.5. The Morgan fingerprint density at radius 1 is 1.05 bits per heavy atom. The second kappa shape index (κ2) is 5.88. The number of rotatable bonds is 5. The van der Waals surface area contributed by atoms with Gasteiger partial charge in [-0.05, 0) is 30.2 Å². The lowest BCUT2D eigenvalue weighted by molar-refractivity contribution is 0.151. The highest BCUT2D eigenvalue weighted by Crippen LogP contribution is 2.38. The summed E-state index contributed by atoms with van der Waals surface area (Å²) in [5, 5.41) is 10.5. The van der Waals surface area contributed by atoms with E-state index in [4.69, 9.17) is 4.74 Å². The fourth-order valence-corrected chi connectivity index (χ4v) is 2.84. The Bertz CT molecular complexity index is 582. The summed E-state index contributed by atoms with van der Waals surface area (Å²) in [5.74, 6) is 0.816. The molecule has 110 valence electrons. The van der Waals surface area contributed by atoms with Gasteiger partial charge in [-0.3, -0.25) is 4.90 Å². The highest BCUT2D eigenvalue weighted by molar-refractivity contribution is 5.30. The Morgan fingerprint density at radius 3 is 2.33 bits per heavy atom. The second-order valence-corrected chi connectivity index (χ2v) is 5.57. The zero-order valence-electron chi connectivity index (χ0n) is 12.4. The molecule has 0 aromatic heterocycles. The lowest BCUT2D eigenvalue weighted by atomic mass is 10.1. The van der Waals surface area contributed by atoms with Crippen LogP contribution in [0.1, 0.15) is 30.2 Å². The van der Waals surface area contributed by atoms with Gasteiger partial charge >= 0.3 is 0 Å². The summed E-state index contributed by atoms with van der Waals surface area (Å²) < 4.78 is 5.15. The van der Waals surface area contributed by atoms with Crippen molar-refractivity contribution in [2.24, 2.45) is 0 Å². The van der Waals surface area contributed by atoms with Crippen molar-refractivity contribution in [3.63, 3.8) is 0 Å². The van der Waals surface area contributed by atoms with Gasteiger partial charge in [0.2, 0.25) is 0 Å². The van der Waals surface area contributed by atoms with Crippen molar-refractivity contribution in [1.29, 1.82) is 0 Å². The van der Waals surface area contributed by atoms with Crippen molar-refractivity contribution in [3.8, 4) is 5.75 Å². The number of methoxy groups -OCH3 is 1. The third kappa shape index (κ3) is 2.94. The Labute approximate surface area is 125 Å². The van der Waals surface area contributed by atoms with Crippen molar-refractivity contribution in [2.75, 3.05) is 13.7 Å². The van der Waals surface area contributed by atoms with E-state index >= 15 is 0 Å². The summed E-state index contributed by atoms with van der Waals surface area (Å²) in [6.07, 6.45) is -0.443. The van der Waals surface area contributed by atoms with Crippen LogP contribution in [0.25, 0.3) is 0 Å². The first-order valence-electron chi connectivity index (χ1n) is 7.33. The molecule has 2 aromatic rings. The molecule has 3 nitrogen and oxygen atoms in total. The van der Waals surface area contributed by atoms with Crippen LogP contribution in [0.4, 0.5) is 0 Å². The van der Waals surface area contributed by atoms with Crippen molar-refractivity contribution < 1.29 is 9.84 Å². The fourth-order valence-electron chi connectivity index (χ4n) is 2.84. The SMILES string of the molecule is COc1ccc(C(O)C2CN2[C@@H](C)c2ccccc2)cc1. The summed E-state index contributed by atoms with van der Waals surface area (Å²) in [7, 11) is 1.65. The fraction of sp³-hybridized carbons (Fsp3) is 0.333. The summed E-state index contributed by atoms with van der Waals surface area (Å²) in [6.45, 7) is 3.12. The van der Waals surface area contributed by atoms with Gasteiger partial charge in [0, 0.05) is 12.6 Å². The van der Waals surface area contributed by atoms with Gasteiger partial charge in [-0.25, -0.2) is 0 Å². The Hall–Kier alpha value is -1.84. The maximum absolute atomic E-state index is 10.5. The molecule has 4 atom stereocenters. The molecule has 0 aliphatic carbocycles. The first-order valence-corrected chi connectivity index (χ1v) is 7.33. The van der Waals surface area contributed by atoms with Crippen LogP contribution in [0.15, 0.2) is 54.6 Å². The minimum absolute atomic E-state index is 0.202. The van der Waals surface area contributed by atoms with Gasteiger partial charge in [0.15, 0.2) is 0 Å². The Morgan fingerprint density at radius 2 is 1.71 bits per heavy atom. The van der Waals surface area contributed by atoms with Crippen LogP contribution in [0.2, 0.25) is 0 Å². The number of aliphatic hydroxyl groups excluding tert-OH is 1. The predicted molar refractivity (Wildman–Crippen MR) is 83.3 cm³/mol.